The Hall–Kier alpha value is -1.88. The first-order valence-corrected chi connectivity index (χ1v) is 4.95. The number of methoxy groups -OCH3 is 1. The molecule has 1 heterocycles. The monoisotopic (exact) mass is 219 g/mol. The molecule has 0 saturated carbocycles. The molecule has 0 aliphatic carbocycles. The van der Waals surface area contributed by atoms with Gasteiger partial charge in [-0.2, -0.15) is 0 Å². The van der Waals surface area contributed by atoms with E-state index in [9.17, 15) is 4.79 Å². The molecule has 2 N–H and O–H groups in total. The molecule has 5 nitrogen and oxygen atoms in total. The number of hydrogen-bond acceptors (Lipinski definition) is 4. The van der Waals surface area contributed by atoms with Crippen molar-refractivity contribution >= 4 is 17.0 Å². The lowest BCUT2D eigenvalue weighted by molar-refractivity contribution is -0.142. The van der Waals surface area contributed by atoms with E-state index in [1.165, 1.54) is 7.11 Å². The van der Waals surface area contributed by atoms with Crippen molar-refractivity contribution < 1.29 is 9.53 Å². The molecule has 0 amide bonds. The van der Waals surface area contributed by atoms with Crippen LogP contribution in [0.5, 0.6) is 0 Å². The summed E-state index contributed by atoms with van der Waals surface area (Å²) in [5.74, 6) is -0.419. The van der Waals surface area contributed by atoms with Crippen LogP contribution in [0.4, 0.5) is 0 Å². The Bertz CT molecular complexity index is 507. The number of carbonyl (C=O) groups excluding carboxylic acids is 1. The van der Waals surface area contributed by atoms with Crippen molar-refractivity contribution in [3.05, 3.63) is 30.6 Å². The SMILES string of the molecule is COC(=O)C(N)Cn1cnc2ccccc21. The van der Waals surface area contributed by atoms with Crippen LogP contribution in [0.25, 0.3) is 11.0 Å². The van der Waals surface area contributed by atoms with Crippen LogP contribution >= 0.6 is 0 Å². The lowest BCUT2D eigenvalue weighted by Gasteiger charge is -2.10. The lowest BCUT2D eigenvalue weighted by Crippen LogP contribution is -2.35. The van der Waals surface area contributed by atoms with Gasteiger partial charge in [0.1, 0.15) is 6.04 Å². The fourth-order valence-electron chi connectivity index (χ4n) is 1.59. The number of nitrogens with two attached hydrogens (primary N) is 1. The molecule has 5 heteroatoms. The van der Waals surface area contributed by atoms with Gasteiger partial charge >= 0.3 is 5.97 Å². The molecular formula is C11H13N3O2. The van der Waals surface area contributed by atoms with Gasteiger partial charge in [0.2, 0.25) is 0 Å². The zero-order valence-electron chi connectivity index (χ0n) is 8.96. The molecule has 0 spiro atoms. The van der Waals surface area contributed by atoms with Crippen LogP contribution in [0, 0.1) is 0 Å². The molecule has 0 fully saturated rings. The Morgan fingerprint density at radius 2 is 2.31 bits per heavy atom. The van der Waals surface area contributed by atoms with Gasteiger partial charge in [-0.1, -0.05) is 12.1 Å². The van der Waals surface area contributed by atoms with Crippen molar-refractivity contribution in [2.24, 2.45) is 5.73 Å². The van der Waals surface area contributed by atoms with E-state index >= 15 is 0 Å². The van der Waals surface area contributed by atoms with Crippen LogP contribution in [-0.2, 0) is 16.1 Å². The average Bonchev–Trinajstić information content (AvgIpc) is 2.72. The number of rotatable bonds is 3. The quantitative estimate of drug-likeness (QED) is 0.765. The minimum Gasteiger partial charge on any atom is -0.468 e. The molecule has 1 atom stereocenters. The zero-order chi connectivity index (χ0) is 11.5. The molecule has 0 radical (unpaired) electrons. The Morgan fingerprint density at radius 3 is 3.06 bits per heavy atom. The number of nitrogens with zero attached hydrogens (tertiary/aromatic N) is 2. The molecule has 2 aromatic rings. The van der Waals surface area contributed by atoms with Gasteiger partial charge in [-0.05, 0) is 12.1 Å². The molecule has 1 unspecified atom stereocenters. The number of carbonyl (C=O) groups is 1. The van der Waals surface area contributed by atoms with Gasteiger partial charge in [-0.25, -0.2) is 4.98 Å². The van der Waals surface area contributed by atoms with Gasteiger partial charge in [0, 0.05) is 0 Å². The Balaban J connectivity index is 2.24. The van der Waals surface area contributed by atoms with Gasteiger partial charge in [0.25, 0.3) is 0 Å². The summed E-state index contributed by atoms with van der Waals surface area (Å²) in [6.07, 6.45) is 1.67. The smallest absolute Gasteiger partial charge is 0.324 e. The first kappa shape index (κ1) is 10.6. The molecule has 1 aromatic heterocycles. The van der Waals surface area contributed by atoms with E-state index in [4.69, 9.17) is 5.73 Å². The van der Waals surface area contributed by atoms with E-state index in [0.717, 1.165) is 11.0 Å². The van der Waals surface area contributed by atoms with Gasteiger partial charge < -0.3 is 15.0 Å². The van der Waals surface area contributed by atoms with Gasteiger partial charge in [-0.15, -0.1) is 0 Å². The number of para-hydroxylation sites is 2. The van der Waals surface area contributed by atoms with Crippen LogP contribution in [-0.4, -0.2) is 28.7 Å². The Labute approximate surface area is 92.8 Å². The van der Waals surface area contributed by atoms with E-state index in [0.29, 0.717) is 6.54 Å². The van der Waals surface area contributed by atoms with Crippen molar-refractivity contribution in [1.82, 2.24) is 9.55 Å². The van der Waals surface area contributed by atoms with Crippen molar-refractivity contribution in [1.29, 1.82) is 0 Å². The van der Waals surface area contributed by atoms with Crippen molar-refractivity contribution in [3.8, 4) is 0 Å². The summed E-state index contributed by atoms with van der Waals surface area (Å²) in [6, 6.07) is 7.02. The Morgan fingerprint density at radius 1 is 1.56 bits per heavy atom. The van der Waals surface area contributed by atoms with E-state index in [1.54, 1.807) is 6.33 Å². The third-order valence-electron chi connectivity index (χ3n) is 2.42. The highest BCUT2D eigenvalue weighted by Gasteiger charge is 2.15. The molecular weight excluding hydrogens is 206 g/mol. The summed E-state index contributed by atoms with van der Waals surface area (Å²) in [5, 5.41) is 0. The zero-order valence-corrected chi connectivity index (χ0v) is 8.96. The molecule has 0 bridgehead atoms. The summed E-state index contributed by atoms with van der Waals surface area (Å²) >= 11 is 0. The molecule has 0 aliphatic heterocycles. The number of esters is 1. The van der Waals surface area contributed by atoms with E-state index < -0.39 is 12.0 Å². The minimum absolute atomic E-state index is 0.368. The molecule has 16 heavy (non-hydrogen) atoms. The van der Waals surface area contributed by atoms with Crippen molar-refractivity contribution in [2.45, 2.75) is 12.6 Å². The summed E-state index contributed by atoms with van der Waals surface area (Å²) in [4.78, 5) is 15.4. The van der Waals surface area contributed by atoms with Crippen LogP contribution in [0.2, 0.25) is 0 Å². The predicted octanol–water partition coefficient (Wildman–Crippen LogP) is 0.537. The van der Waals surface area contributed by atoms with Gasteiger partial charge in [0.15, 0.2) is 0 Å². The standard InChI is InChI=1S/C11H13N3O2/c1-16-11(15)8(12)6-14-7-13-9-4-2-3-5-10(9)14/h2-5,7-8H,6,12H2,1H3. The van der Waals surface area contributed by atoms with Crippen LogP contribution in [0.1, 0.15) is 0 Å². The second kappa shape index (κ2) is 4.32. The van der Waals surface area contributed by atoms with Crippen molar-refractivity contribution in [3.63, 3.8) is 0 Å². The highest BCUT2D eigenvalue weighted by Crippen LogP contribution is 2.11. The predicted molar refractivity (Wildman–Crippen MR) is 59.7 cm³/mol. The maximum atomic E-state index is 11.2. The van der Waals surface area contributed by atoms with Crippen molar-refractivity contribution in [2.75, 3.05) is 7.11 Å². The second-order valence-electron chi connectivity index (χ2n) is 3.52. The fourth-order valence-corrected chi connectivity index (χ4v) is 1.59. The first-order valence-electron chi connectivity index (χ1n) is 4.95. The van der Waals surface area contributed by atoms with E-state index in [1.807, 2.05) is 28.8 Å². The second-order valence-corrected chi connectivity index (χ2v) is 3.52. The summed E-state index contributed by atoms with van der Waals surface area (Å²) in [7, 11) is 1.33. The third-order valence-corrected chi connectivity index (χ3v) is 2.42. The summed E-state index contributed by atoms with van der Waals surface area (Å²) in [6.45, 7) is 0.368. The minimum atomic E-state index is -0.664. The fraction of sp³-hybridized carbons (Fsp3) is 0.273. The highest BCUT2D eigenvalue weighted by molar-refractivity contribution is 5.77. The maximum absolute atomic E-state index is 11.2. The molecule has 2 rings (SSSR count). The van der Waals surface area contributed by atoms with Crippen LogP contribution < -0.4 is 5.73 Å². The maximum Gasteiger partial charge on any atom is 0.324 e. The Kier molecular flexibility index (Phi) is 2.87. The summed E-state index contributed by atoms with van der Waals surface area (Å²) in [5.41, 5.74) is 7.54. The lowest BCUT2D eigenvalue weighted by atomic mass is 10.3. The average molecular weight is 219 g/mol. The number of ether oxygens (including phenoxy) is 1. The number of imidazole rings is 1. The van der Waals surface area contributed by atoms with E-state index in [2.05, 4.69) is 9.72 Å². The normalized spacial score (nSPS) is 12.6. The number of aromatic nitrogens is 2. The summed E-state index contributed by atoms with van der Waals surface area (Å²) < 4.78 is 6.42. The van der Waals surface area contributed by atoms with Crippen LogP contribution in [0.3, 0.4) is 0 Å². The number of hydrogen-bond donors (Lipinski definition) is 1. The largest absolute Gasteiger partial charge is 0.468 e. The molecule has 0 saturated heterocycles. The molecule has 0 aliphatic rings. The van der Waals surface area contributed by atoms with Gasteiger partial charge in [0.05, 0.1) is 31.0 Å². The third kappa shape index (κ3) is 1.90. The topological polar surface area (TPSA) is 70.1 Å². The highest BCUT2D eigenvalue weighted by atomic mass is 16.5. The number of fused-ring (bicyclic) bond motifs is 1. The van der Waals surface area contributed by atoms with Gasteiger partial charge in [-0.3, -0.25) is 4.79 Å². The first-order chi connectivity index (χ1) is 7.72. The molecule has 84 valence electrons. The van der Waals surface area contributed by atoms with Crippen LogP contribution in [0.15, 0.2) is 30.6 Å². The number of benzene rings is 1. The van der Waals surface area contributed by atoms with E-state index in [-0.39, 0.29) is 0 Å². The molecule has 1 aromatic carbocycles.